The summed E-state index contributed by atoms with van der Waals surface area (Å²) in [6, 6.07) is 10.0. The molecule has 0 bridgehead atoms. The van der Waals surface area contributed by atoms with Crippen LogP contribution in [0, 0.1) is 6.92 Å². The quantitative estimate of drug-likeness (QED) is 0.484. The Kier molecular flexibility index (Phi) is 5.53. The van der Waals surface area contributed by atoms with Crippen LogP contribution in [-0.2, 0) is 0 Å². The van der Waals surface area contributed by atoms with E-state index in [1.807, 2.05) is 43.7 Å². The van der Waals surface area contributed by atoms with E-state index in [0.717, 1.165) is 71.8 Å². The Morgan fingerprint density at radius 3 is 2.78 bits per heavy atom. The minimum atomic E-state index is 0.656. The van der Waals surface area contributed by atoms with Crippen molar-refractivity contribution >= 4 is 45.3 Å². The third kappa shape index (κ3) is 3.72. The standard InChI is InChI=1S/C24H27ClN6O/c1-16-6-4-7-17(25)23(16)28-24-21-14-26-15-31(21)19-13-20(22(32-3)12-18(19)27-24)30-9-5-8-29(2)10-11-30/h4,6-7,12-15H,5,8-11H2,1-3H3,(H,27,28). The molecule has 0 saturated carbocycles. The van der Waals surface area contributed by atoms with Crippen molar-refractivity contribution in [2.75, 3.05) is 50.6 Å². The summed E-state index contributed by atoms with van der Waals surface area (Å²) in [6.07, 6.45) is 4.78. The van der Waals surface area contributed by atoms with E-state index < -0.39 is 0 Å². The number of hydrogen-bond donors (Lipinski definition) is 1. The van der Waals surface area contributed by atoms with E-state index in [2.05, 4.69) is 37.6 Å². The number of ether oxygens (including phenoxy) is 1. The number of likely N-dealkylation sites (N-methyl/N-ethyl adjacent to an activating group) is 1. The molecule has 1 saturated heterocycles. The molecule has 32 heavy (non-hydrogen) atoms. The molecule has 7 nitrogen and oxygen atoms in total. The van der Waals surface area contributed by atoms with Gasteiger partial charge in [0.25, 0.3) is 0 Å². The maximum atomic E-state index is 6.46. The first-order valence-corrected chi connectivity index (χ1v) is 11.2. The zero-order chi connectivity index (χ0) is 22.2. The molecule has 2 aromatic heterocycles. The third-order valence-electron chi connectivity index (χ3n) is 6.17. The fraction of sp³-hybridized carbons (Fsp3) is 0.333. The number of rotatable bonds is 4. The van der Waals surface area contributed by atoms with Gasteiger partial charge in [0.05, 0.1) is 47.1 Å². The first-order chi connectivity index (χ1) is 15.5. The number of methoxy groups -OCH3 is 1. The number of anilines is 3. The second kappa shape index (κ2) is 8.48. The zero-order valence-electron chi connectivity index (χ0n) is 18.6. The minimum absolute atomic E-state index is 0.656. The second-order valence-electron chi connectivity index (χ2n) is 8.32. The molecule has 166 valence electrons. The Balaban J connectivity index is 1.64. The summed E-state index contributed by atoms with van der Waals surface area (Å²) >= 11 is 6.46. The summed E-state index contributed by atoms with van der Waals surface area (Å²) in [5.74, 6) is 1.53. The van der Waals surface area contributed by atoms with Crippen LogP contribution in [0.15, 0.2) is 42.9 Å². The molecule has 1 N–H and O–H groups in total. The SMILES string of the molecule is COc1cc2nc(Nc3c(C)cccc3Cl)c3cncn3c2cc1N1CCCN(C)CC1. The molecule has 8 heteroatoms. The van der Waals surface area contributed by atoms with E-state index in [9.17, 15) is 0 Å². The molecule has 0 spiro atoms. The zero-order valence-corrected chi connectivity index (χ0v) is 19.4. The van der Waals surface area contributed by atoms with Gasteiger partial charge in [-0.15, -0.1) is 0 Å². The van der Waals surface area contributed by atoms with E-state index in [1.54, 1.807) is 7.11 Å². The smallest absolute Gasteiger partial charge is 0.157 e. The van der Waals surface area contributed by atoms with E-state index in [4.69, 9.17) is 21.3 Å². The van der Waals surface area contributed by atoms with Gasteiger partial charge < -0.3 is 19.9 Å². The highest BCUT2D eigenvalue weighted by molar-refractivity contribution is 6.33. The molecule has 3 heterocycles. The van der Waals surface area contributed by atoms with Gasteiger partial charge in [-0.05, 0) is 44.6 Å². The number of imidazole rings is 1. The van der Waals surface area contributed by atoms with Gasteiger partial charge in [-0.25, -0.2) is 9.97 Å². The topological polar surface area (TPSA) is 57.9 Å². The molecule has 0 amide bonds. The van der Waals surface area contributed by atoms with E-state index in [0.29, 0.717) is 10.8 Å². The molecule has 0 atom stereocenters. The van der Waals surface area contributed by atoms with Crippen LogP contribution in [0.2, 0.25) is 5.02 Å². The molecule has 0 radical (unpaired) electrons. The summed E-state index contributed by atoms with van der Waals surface area (Å²) in [6.45, 7) is 6.12. The van der Waals surface area contributed by atoms with Gasteiger partial charge in [-0.2, -0.15) is 0 Å². The molecule has 4 aromatic rings. The minimum Gasteiger partial charge on any atom is -0.495 e. The van der Waals surface area contributed by atoms with Crippen LogP contribution in [-0.4, -0.2) is 59.6 Å². The molecule has 1 aliphatic rings. The van der Waals surface area contributed by atoms with Gasteiger partial charge in [0.15, 0.2) is 5.82 Å². The largest absolute Gasteiger partial charge is 0.495 e. The molecule has 0 unspecified atom stereocenters. The van der Waals surface area contributed by atoms with Crippen molar-refractivity contribution in [3.05, 3.63) is 53.4 Å². The predicted octanol–water partition coefficient (Wildman–Crippen LogP) is 4.74. The number of nitrogens with zero attached hydrogens (tertiary/aromatic N) is 5. The highest BCUT2D eigenvalue weighted by Crippen LogP contribution is 2.36. The highest BCUT2D eigenvalue weighted by Gasteiger charge is 2.20. The molecular weight excluding hydrogens is 424 g/mol. The van der Waals surface area contributed by atoms with Crippen LogP contribution in [0.1, 0.15) is 12.0 Å². The highest BCUT2D eigenvalue weighted by atomic mass is 35.5. The molecule has 1 aliphatic heterocycles. The molecule has 5 rings (SSSR count). The van der Waals surface area contributed by atoms with Crippen molar-refractivity contribution in [3.8, 4) is 5.75 Å². The van der Waals surface area contributed by atoms with Gasteiger partial charge in [0.1, 0.15) is 11.3 Å². The number of para-hydroxylation sites is 1. The maximum absolute atomic E-state index is 6.46. The van der Waals surface area contributed by atoms with Gasteiger partial charge in [-0.1, -0.05) is 23.7 Å². The van der Waals surface area contributed by atoms with Crippen molar-refractivity contribution in [2.45, 2.75) is 13.3 Å². The van der Waals surface area contributed by atoms with E-state index >= 15 is 0 Å². The molecule has 2 aromatic carbocycles. The van der Waals surface area contributed by atoms with Crippen LogP contribution in [0.3, 0.4) is 0 Å². The van der Waals surface area contributed by atoms with Crippen LogP contribution in [0.4, 0.5) is 17.2 Å². The lowest BCUT2D eigenvalue weighted by Gasteiger charge is -2.25. The Hall–Kier alpha value is -3.03. The second-order valence-corrected chi connectivity index (χ2v) is 8.73. The Morgan fingerprint density at radius 2 is 1.97 bits per heavy atom. The van der Waals surface area contributed by atoms with Crippen LogP contribution >= 0.6 is 11.6 Å². The van der Waals surface area contributed by atoms with Crippen LogP contribution < -0.4 is 15.0 Å². The van der Waals surface area contributed by atoms with Gasteiger partial charge in [-0.3, -0.25) is 4.40 Å². The Morgan fingerprint density at radius 1 is 1.09 bits per heavy atom. The number of hydrogen-bond acceptors (Lipinski definition) is 6. The van der Waals surface area contributed by atoms with Crippen molar-refractivity contribution in [1.29, 1.82) is 0 Å². The number of halogens is 1. The summed E-state index contributed by atoms with van der Waals surface area (Å²) < 4.78 is 7.88. The predicted molar refractivity (Wildman–Crippen MR) is 131 cm³/mol. The lowest BCUT2D eigenvalue weighted by atomic mass is 10.2. The van der Waals surface area contributed by atoms with Crippen molar-refractivity contribution in [2.24, 2.45) is 0 Å². The first kappa shape index (κ1) is 20.8. The average molecular weight is 451 g/mol. The van der Waals surface area contributed by atoms with Gasteiger partial charge in [0.2, 0.25) is 0 Å². The van der Waals surface area contributed by atoms with Crippen molar-refractivity contribution < 1.29 is 4.74 Å². The number of nitrogens with one attached hydrogen (secondary N) is 1. The first-order valence-electron chi connectivity index (χ1n) is 10.8. The van der Waals surface area contributed by atoms with Gasteiger partial charge >= 0.3 is 0 Å². The Labute approximate surface area is 192 Å². The number of fused-ring (bicyclic) bond motifs is 3. The van der Waals surface area contributed by atoms with Crippen LogP contribution in [0.5, 0.6) is 5.75 Å². The third-order valence-corrected chi connectivity index (χ3v) is 6.49. The van der Waals surface area contributed by atoms with E-state index in [-0.39, 0.29) is 0 Å². The maximum Gasteiger partial charge on any atom is 0.157 e. The summed E-state index contributed by atoms with van der Waals surface area (Å²) in [4.78, 5) is 14.1. The molecular formula is C24H27ClN6O. The monoisotopic (exact) mass is 450 g/mol. The van der Waals surface area contributed by atoms with Crippen molar-refractivity contribution in [1.82, 2.24) is 19.3 Å². The van der Waals surface area contributed by atoms with E-state index in [1.165, 1.54) is 0 Å². The summed E-state index contributed by atoms with van der Waals surface area (Å²) in [7, 11) is 3.89. The molecule has 1 fully saturated rings. The average Bonchev–Trinajstić information content (AvgIpc) is 3.18. The summed E-state index contributed by atoms with van der Waals surface area (Å²) in [5.41, 5.74) is 5.71. The normalized spacial score (nSPS) is 15.3. The fourth-order valence-electron chi connectivity index (χ4n) is 4.37. The van der Waals surface area contributed by atoms with Crippen molar-refractivity contribution in [3.63, 3.8) is 0 Å². The lowest BCUT2D eigenvalue weighted by Crippen LogP contribution is -2.29. The number of benzene rings is 2. The number of aryl methyl sites for hydroxylation is 1. The fourth-order valence-corrected chi connectivity index (χ4v) is 4.64. The van der Waals surface area contributed by atoms with Crippen LogP contribution in [0.25, 0.3) is 16.6 Å². The number of aromatic nitrogens is 3. The van der Waals surface area contributed by atoms with Gasteiger partial charge in [0, 0.05) is 25.7 Å². The summed E-state index contributed by atoms with van der Waals surface area (Å²) in [5, 5.41) is 4.09. The Bertz CT molecular complexity index is 1270. The lowest BCUT2D eigenvalue weighted by molar-refractivity contribution is 0.360. The molecule has 0 aliphatic carbocycles.